The molecule has 6 nitrogen and oxygen atoms in total. The molecule has 0 atom stereocenters. The lowest BCUT2D eigenvalue weighted by atomic mass is 10.1. The van der Waals surface area contributed by atoms with E-state index in [2.05, 4.69) is 9.73 Å². The van der Waals surface area contributed by atoms with Crippen LogP contribution in [0.15, 0.2) is 40.9 Å². The lowest BCUT2D eigenvalue weighted by Crippen LogP contribution is -2.53. The van der Waals surface area contributed by atoms with E-state index in [9.17, 15) is 31.1 Å². The van der Waals surface area contributed by atoms with Gasteiger partial charge in [0, 0.05) is 57.3 Å². The molecule has 0 radical (unpaired) electrons. The number of rotatable bonds is 5. The minimum atomic E-state index is -5.75. The zero-order valence-electron chi connectivity index (χ0n) is 16.6. The van der Waals surface area contributed by atoms with Crippen LogP contribution in [0.1, 0.15) is 5.56 Å². The first kappa shape index (κ1) is 24.5. The minimum Gasteiger partial charge on any atom is -0.426 e. The van der Waals surface area contributed by atoms with Gasteiger partial charge in [-0.3, -0.25) is 9.89 Å². The topological polar surface area (TPSA) is 71.2 Å². The standard InChI is InChI=1S/C19H22F6N4O2/c1-27-11-14(15(26)13-5-3-2-4-6-13)12-28-7-9-29(10-8-28)17(30)31-16(18(20,21)22)19(23,24)25/h2-6,11,16H,7-10,12,26H2,1H3. The summed E-state index contributed by atoms with van der Waals surface area (Å²) in [5, 5.41) is 0. The molecule has 12 heteroatoms. The number of amides is 1. The number of nitrogens with zero attached hydrogens (tertiary/aromatic N) is 3. The van der Waals surface area contributed by atoms with Crippen LogP contribution in [0.3, 0.4) is 0 Å². The maximum atomic E-state index is 12.6. The highest BCUT2D eigenvalue weighted by molar-refractivity contribution is 5.90. The number of alkyl halides is 6. The summed E-state index contributed by atoms with van der Waals surface area (Å²) in [5.74, 6) is 0. The Morgan fingerprint density at radius 2 is 1.65 bits per heavy atom. The molecular weight excluding hydrogens is 430 g/mol. The fraction of sp³-hybridized carbons (Fsp3) is 0.474. The van der Waals surface area contributed by atoms with Crippen molar-refractivity contribution in [3.63, 3.8) is 0 Å². The highest BCUT2D eigenvalue weighted by Gasteiger charge is 2.60. The van der Waals surface area contributed by atoms with Crippen LogP contribution in [0.2, 0.25) is 0 Å². The van der Waals surface area contributed by atoms with Crippen LogP contribution in [0.25, 0.3) is 5.70 Å². The fourth-order valence-corrected chi connectivity index (χ4v) is 2.98. The lowest BCUT2D eigenvalue weighted by Gasteiger charge is -2.35. The van der Waals surface area contributed by atoms with Crippen molar-refractivity contribution in [1.29, 1.82) is 0 Å². The van der Waals surface area contributed by atoms with Crippen LogP contribution in [0.4, 0.5) is 31.1 Å². The summed E-state index contributed by atoms with van der Waals surface area (Å²) < 4.78 is 79.2. The van der Waals surface area contributed by atoms with Crippen molar-refractivity contribution in [1.82, 2.24) is 9.80 Å². The Morgan fingerprint density at radius 3 is 2.13 bits per heavy atom. The van der Waals surface area contributed by atoms with Crippen molar-refractivity contribution < 1.29 is 35.9 Å². The Bertz CT molecular complexity index is 786. The first-order valence-electron chi connectivity index (χ1n) is 9.21. The second-order valence-electron chi connectivity index (χ2n) is 6.80. The number of benzene rings is 1. The summed E-state index contributed by atoms with van der Waals surface area (Å²) >= 11 is 0. The molecule has 1 saturated heterocycles. The van der Waals surface area contributed by atoms with E-state index in [0.29, 0.717) is 17.8 Å². The molecule has 1 aromatic carbocycles. The quantitative estimate of drug-likeness (QED) is 0.550. The van der Waals surface area contributed by atoms with Crippen LogP contribution in [0.5, 0.6) is 0 Å². The van der Waals surface area contributed by atoms with Crippen LogP contribution in [-0.2, 0) is 4.74 Å². The van der Waals surface area contributed by atoms with Gasteiger partial charge in [-0.25, -0.2) is 4.79 Å². The normalized spacial score (nSPS) is 17.2. The van der Waals surface area contributed by atoms with E-state index in [1.165, 1.54) is 0 Å². The smallest absolute Gasteiger partial charge is 0.426 e. The summed E-state index contributed by atoms with van der Waals surface area (Å²) in [4.78, 5) is 18.5. The monoisotopic (exact) mass is 452 g/mol. The second-order valence-corrected chi connectivity index (χ2v) is 6.80. The van der Waals surface area contributed by atoms with E-state index in [0.717, 1.165) is 10.5 Å². The largest absolute Gasteiger partial charge is 0.434 e. The number of carbonyl (C=O) groups is 1. The molecular formula is C19H22F6N4O2. The van der Waals surface area contributed by atoms with Gasteiger partial charge >= 0.3 is 18.4 Å². The molecule has 1 aliphatic heterocycles. The molecule has 2 rings (SSSR count). The van der Waals surface area contributed by atoms with Crippen LogP contribution >= 0.6 is 0 Å². The van der Waals surface area contributed by atoms with E-state index < -0.39 is 24.5 Å². The molecule has 1 amide bonds. The van der Waals surface area contributed by atoms with Gasteiger partial charge in [0.2, 0.25) is 0 Å². The average Bonchev–Trinajstić information content (AvgIpc) is 2.70. The van der Waals surface area contributed by atoms with Gasteiger partial charge in [-0.15, -0.1) is 0 Å². The lowest BCUT2D eigenvalue weighted by molar-refractivity contribution is -0.308. The zero-order valence-corrected chi connectivity index (χ0v) is 16.6. The number of hydrogen-bond donors (Lipinski definition) is 1. The Kier molecular flexibility index (Phi) is 7.93. The predicted octanol–water partition coefficient (Wildman–Crippen LogP) is 3.30. The number of hydrogen-bond acceptors (Lipinski definition) is 5. The molecule has 0 aliphatic carbocycles. The molecule has 2 N–H and O–H groups in total. The van der Waals surface area contributed by atoms with E-state index in [1.807, 2.05) is 35.2 Å². The molecule has 1 heterocycles. The third-order valence-corrected chi connectivity index (χ3v) is 4.55. The Morgan fingerprint density at radius 1 is 1.10 bits per heavy atom. The van der Waals surface area contributed by atoms with Gasteiger partial charge in [0.25, 0.3) is 6.10 Å². The Balaban J connectivity index is 2.01. The van der Waals surface area contributed by atoms with Crippen molar-refractivity contribution in [2.75, 3.05) is 39.8 Å². The van der Waals surface area contributed by atoms with Gasteiger partial charge in [0.1, 0.15) is 0 Å². The number of ether oxygens (including phenoxy) is 1. The van der Waals surface area contributed by atoms with Gasteiger partial charge in [-0.2, -0.15) is 26.3 Å². The molecule has 1 aliphatic rings. The third-order valence-electron chi connectivity index (χ3n) is 4.55. The average molecular weight is 452 g/mol. The summed E-state index contributed by atoms with van der Waals surface area (Å²) in [6.07, 6.45) is -15.7. The molecule has 0 spiro atoms. The first-order valence-corrected chi connectivity index (χ1v) is 9.21. The molecule has 0 bridgehead atoms. The molecule has 0 unspecified atom stereocenters. The van der Waals surface area contributed by atoms with Gasteiger partial charge in [0.15, 0.2) is 0 Å². The maximum absolute atomic E-state index is 12.6. The third kappa shape index (κ3) is 6.88. The van der Waals surface area contributed by atoms with Crippen molar-refractivity contribution in [3.05, 3.63) is 41.5 Å². The van der Waals surface area contributed by atoms with Crippen molar-refractivity contribution >= 4 is 18.0 Å². The Hall–Kier alpha value is -2.76. The van der Waals surface area contributed by atoms with Gasteiger partial charge in [0.05, 0.1) is 0 Å². The summed E-state index contributed by atoms with van der Waals surface area (Å²) in [5.41, 5.74) is 8.19. The summed E-state index contributed by atoms with van der Waals surface area (Å²) in [6.45, 7) is 0.572. The number of piperazine rings is 1. The Labute approximate surface area is 175 Å². The van der Waals surface area contributed by atoms with Crippen LogP contribution in [0, 0.1) is 0 Å². The van der Waals surface area contributed by atoms with Gasteiger partial charge in [-0.05, 0) is 5.56 Å². The maximum Gasteiger partial charge on any atom is 0.434 e. The molecule has 0 saturated carbocycles. The molecule has 172 valence electrons. The van der Waals surface area contributed by atoms with E-state index in [-0.39, 0.29) is 26.2 Å². The zero-order chi connectivity index (χ0) is 23.2. The van der Waals surface area contributed by atoms with E-state index in [1.54, 1.807) is 13.3 Å². The minimum absolute atomic E-state index is 0.0942. The first-order chi connectivity index (χ1) is 14.4. The van der Waals surface area contributed by atoms with Crippen molar-refractivity contribution in [2.24, 2.45) is 10.7 Å². The molecule has 0 aromatic heterocycles. The van der Waals surface area contributed by atoms with Gasteiger partial charge in [-0.1, -0.05) is 30.3 Å². The highest BCUT2D eigenvalue weighted by Crippen LogP contribution is 2.36. The van der Waals surface area contributed by atoms with Gasteiger partial charge < -0.3 is 15.4 Å². The summed E-state index contributed by atoms with van der Waals surface area (Å²) in [7, 11) is 1.57. The summed E-state index contributed by atoms with van der Waals surface area (Å²) in [6, 6.07) is 9.13. The predicted molar refractivity (Wildman–Crippen MR) is 102 cm³/mol. The SMILES string of the molecule is CN=CC(CN1CCN(C(=O)OC(C(F)(F)F)C(F)(F)F)CC1)=C(N)c1ccccc1. The highest BCUT2D eigenvalue weighted by atomic mass is 19.4. The fourth-order valence-electron chi connectivity index (χ4n) is 2.98. The number of carbonyl (C=O) groups excluding carboxylic acids is 1. The van der Waals surface area contributed by atoms with Crippen molar-refractivity contribution in [3.8, 4) is 0 Å². The van der Waals surface area contributed by atoms with E-state index >= 15 is 0 Å². The van der Waals surface area contributed by atoms with E-state index in [4.69, 9.17) is 5.73 Å². The number of halogens is 6. The second kappa shape index (κ2) is 10.0. The molecule has 1 fully saturated rings. The molecule has 31 heavy (non-hydrogen) atoms. The van der Waals surface area contributed by atoms with Crippen molar-refractivity contribution in [2.45, 2.75) is 18.5 Å². The molecule has 1 aromatic rings. The van der Waals surface area contributed by atoms with Crippen LogP contribution in [-0.4, -0.2) is 80.3 Å². The number of nitrogens with two attached hydrogens (primary N) is 1. The van der Waals surface area contributed by atoms with Crippen LogP contribution < -0.4 is 5.73 Å². The number of aliphatic imine (C=N–C) groups is 1.